The molecule has 63 heavy (non-hydrogen) atoms. The van der Waals surface area contributed by atoms with E-state index in [1.54, 1.807) is 55.6 Å². The Morgan fingerprint density at radius 3 is 1.97 bits per heavy atom. The lowest BCUT2D eigenvalue weighted by Crippen LogP contribution is -2.29. The van der Waals surface area contributed by atoms with E-state index in [-0.39, 0.29) is 27.1 Å². The molecule has 0 saturated carbocycles. The van der Waals surface area contributed by atoms with Crippen LogP contribution in [0, 0.1) is 12.3 Å². The van der Waals surface area contributed by atoms with Gasteiger partial charge < -0.3 is 47.9 Å². The molecule has 0 unspecified atom stereocenters. The number of alkyl halides is 6. The summed E-state index contributed by atoms with van der Waals surface area (Å²) in [5.41, 5.74) is 19.6. The van der Waals surface area contributed by atoms with Crippen molar-refractivity contribution in [2.45, 2.75) is 52.5 Å². The lowest BCUT2D eigenvalue weighted by molar-refractivity contribution is -0.193. The molecule has 0 aliphatic carbocycles. The number of carboxylic acids is 3. The van der Waals surface area contributed by atoms with E-state index in [4.69, 9.17) is 52.3 Å². The molecule has 0 atom stereocenters. The molecule has 2 amide bonds. The van der Waals surface area contributed by atoms with Gasteiger partial charge in [-0.2, -0.15) is 26.3 Å². The Hall–Kier alpha value is -6.54. The van der Waals surface area contributed by atoms with Crippen molar-refractivity contribution in [2.24, 2.45) is 22.2 Å². The van der Waals surface area contributed by atoms with Crippen LogP contribution in [0.15, 0.2) is 85.7 Å². The van der Waals surface area contributed by atoms with E-state index in [0.717, 1.165) is 24.2 Å². The largest absolute Gasteiger partial charge is 0.494 e. The number of nitrogens with one attached hydrogen (secondary N) is 3. The van der Waals surface area contributed by atoms with Gasteiger partial charge in [-0.15, -0.1) is 23.1 Å². The van der Waals surface area contributed by atoms with Gasteiger partial charge in [0, 0.05) is 12.1 Å². The first kappa shape index (κ1) is 52.6. The lowest BCUT2D eigenvalue weighted by Gasteiger charge is -2.17. The first-order valence-corrected chi connectivity index (χ1v) is 20.9. The van der Waals surface area contributed by atoms with Gasteiger partial charge in [-0.25, -0.2) is 32.6 Å². The smallest absolute Gasteiger partial charge is 0.490 e. The molecule has 4 rings (SSSR count). The third-order valence-electron chi connectivity index (χ3n) is 7.63. The number of carbonyl (C=O) groups excluding carboxylic acids is 1. The van der Waals surface area contributed by atoms with Gasteiger partial charge in [0.15, 0.2) is 5.96 Å². The highest BCUT2D eigenvalue weighted by Crippen LogP contribution is 2.40. The quantitative estimate of drug-likeness (QED) is 0.0195. The van der Waals surface area contributed by atoms with Crippen LogP contribution in [0.3, 0.4) is 0 Å². The monoisotopic (exact) mass is 951 g/mol. The van der Waals surface area contributed by atoms with Crippen molar-refractivity contribution < 1.29 is 74.0 Å². The van der Waals surface area contributed by atoms with Crippen LogP contribution in [0.1, 0.15) is 40.1 Å². The van der Waals surface area contributed by atoms with E-state index >= 15 is 0 Å². The van der Waals surface area contributed by atoms with E-state index in [0.29, 0.717) is 62.5 Å². The minimum Gasteiger partial charge on any atom is -0.494 e. The predicted molar refractivity (Wildman–Crippen MR) is 222 cm³/mol. The SMILES string of the molecule is CSc1sc(C(=N)N)cc1S(=O)(=O)c1cccc(-c2c(C)cc(N=C(N)N)cc2NC(=O)NCCCCCOc2ccc(C(=O)O)cc2)c1.O=C(O)C(F)(F)F.O=C(O)C(F)(F)F. The number of nitrogens with two attached hydrogens (primary N) is 3. The van der Waals surface area contributed by atoms with Gasteiger partial charge in [-0.3, -0.25) is 5.41 Å². The number of aryl methyl sites for hydroxylation is 1. The first-order valence-electron chi connectivity index (χ1n) is 17.4. The molecular formula is C37H39F6N7O10S3. The highest BCUT2D eigenvalue weighted by Gasteiger charge is 2.39. The number of amidine groups is 1. The van der Waals surface area contributed by atoms with E-state index in [2.05, 4.69) is 15.6 Å². The number of thioether (sulfide) groups is 1. The zero-order chi connectivity index (χ0) is 47.9. The number of urea groups is 1. The minimum atomic E-state index is -5.08. The van der Waals surface area contributed by atoms with Gasteiger partial charge in [0.05, 0.1) is 42.4 Å². The number of guanidine groups is 1. The number of nitrogen functional groups attached to an aromatic ring is 1. The number of halogens is 6. The third kappa shape index (κ3) is 16.7. The minimum absolute atomic E-state index is 0.0394. The molecule has 0 fully saturated rings. The number of aromatic carboxylic acids is 1. The molecule has 0 saturated heterocycles. The molecule has 1 heterocycles. The maximum absolute atomic E-state index is 13.8. The third-order valence-corrected chi connectivity index (χ3v) is 12.0. The van der Waals surface area contributed by atoms with E-state index in [1.807, 2.05) is 0 Å². The van der Waals surface area contributed by atoms with E-state index in [9.17, 15) is 44.3 Å². The molecule has 3 aromatic carbocycles. The molecule has 342 valence electrons. The average molecular weight is 952 g/mol. The molecule has 0 aliphatic heterocycles. The van der Waals surface area contributed by atoms with Crippen LogP contribution in [0.4, 0.5) is 42.5 Å². The number of hydrogen-bond donors (Lipinski definition) is 9. The Balaban J connectivity index is 0.000000838. The lowest BCUT2D eigenvalue weighted by atomic mass is 9.97. The van der Waals surface area contributed by atoms with Crippen molar-refractivity contribution in [2.75, 3.05) is 24.7 Å². The summed E-state index contributed by atoms with van der Waals surface area (Å²) in [6.45, 7) is 2.63. The number of thiophene rings is 1. The maximum atomic E-state index is 13.8. The Morgan fingerprint density at radius 1 is 0.873 bits per heavy atom. The molecule has 0 bridgehead atoms. The Morgan fingerprint density at radius 2 is 1.46 bits per heavy atom. The molecule has 12 N–H and O–H groups in total. The number of ether oxygens (including phenoxy) is 1. The molecule has 4 aromatic rings. The van der Waals surface area contributed by atoms with E-state index in [1.165, 1.54) is 36.0 Å². The number of unbranched alkanes of at least 4 members (excludes halogenated alkanes) is 2. The van der Waals surface area contributed by atoms with Gasteiger partial charge in [0.25, 0.3) is 0 Å². The first-order chi connectivity index (χ1) is 29.2. The fraction of sp³-hybridized carbons (Fsp3) is 0.243. The summed E-state index contributed by atoms with van der Waals surface area (Å²) in [5.74, 6) is -6.31. The summed E-state index contributed by atoms with van der Waals surface area (Å²) in [5, 5.41) is 36.7. The summed E-state index contributed by atoms with van der Waals surface area (Å²) in [7, 11) is -3.99. The van der Waals surface area contributed by atoms with Crippen LogP contribution >= 0.6 is 23.1 Å². The fourth-order valence-electron chi connectivity index (χ4n) is 4.89. The number of aliphatic carboxylic acids is 2. The van der Waals surface area contributed by atoms with E-state index < -0.39 is 46.1 Å². The zero-order valence-corrected chi connectivity index (χ0v) is 35.2. The number of rotatable bonds is 15. The van der Waals surface area contributed by atoms with Crippen molar-refractivity contribution in [1.82, 2.24) is 5.32 Å². The Labute approximate surface area is 362 Å². The zero-order valence-electron chi connectivity index (χ0n) is 32.8. The standard InChI is InChI=1S/C33H37N7O6S3.2C2HF3O2/c1-19-15-22(39-32(36)37)17-25(40-33(43)38-13-4-3-5-14-46-23-11-9-20(10-12-23)30(41)42)28(19)21-7-6-8-24(16-21)49(44,45)27-18-26(29(34)35)48-31(27)47-2;2*3-2(4,5)1(6)7/h6-12,15-18H,3-5,13-14H2,1-2H3,(H3,34,35)(H,41,42)(H4,36,37,39)(H2,38,40,43);2*(H,6,7). The molecule has 17 nitrogen and oxygen atoms in total. The molecule has 26 heteroatoms. The van der Waals surface area contributed by atoms with Crippen molar-refractivity contribution in [3.63, 3.8) is 0 Å². The normalized spacial score (nSPS) is 11.1. The topological polar surface area (TPSA) is 311 Å². The van der Waals surface area contributed by atoms with Crippen LogP contribution in [0.2, 0.25) is 0 Å². The second kappa shape index (κ2) is 23.1. The summed E-state index contributed by atoms with van der Waals surface area (Å²) in [6, 6.07) is 16.9. The summed E-state index contributed by atoms with van der Waals surface area (Å²) < 4.78 is 97.3. The Bertz CT molecular complexity index is 2400. The summed E-state index contributed by atoms with van der Waals surface area (Å²) in [4.78, 5) is 46.4. The fourth-order valence-corrected chi connectivity index (χ4v) is 8.79. The number of anilines is 1. The number of aliphatic imine (C=N–C) groups is 1. The van der Waals surface area contributed by atoms with Gasteiger partial charge in [0.2, 0.25) is 9.84 Å². The van der Waals surface area contributed by atoms with Crippen molar-refractivity contribution in [3.8, 4) is 16.9 Å². The van der Waals surface area contributed by atoms with Crippen LogP contribution in [-0.4, -0.2) is 91.2 Å². The van der Waals surface area contributed by atoms with Gasteiger partial charge in [0.1, 0.15) is 11.6 Å². The summed E-state index contributed by atoms with van der Waals surface area (Å²) >= 11 is 2.41. The van der Waals surface area contributed by atoms with Crippen LogP contribution in [0.25, 0.3) is 11.1 Å². The number of hydrogen-bond acceptors (Lipinski definition) is 11. The number of carbonyl (C=O) groups is 4. The molecule has 0 aliphatic rings. The number of benzene rings is 3. The van der Waals surface area contributed by atoms with Gasteiger partial charge >= 0.3 is 36.3 Å². The highest BCUT2D eigenvalue weighted by molar-refractivity contribution is 8.01. The maximum Gasteiger partial charge on any atom is 0.490 e. The molecular weight excluding hydrogens is 913 g/mol. The number of sulfone groups is 1. The molecule has 1 aromatic heterocycles. The number of carboxylic acid groups (broad SMARTS) is 3. The van der Waals surface area contributed by atoms with Crippen molar-refractivity contribution >= 4 is 80.0 Å². The Kier molecular flexibility index (Phi) is 19.3. The number of nitrogens with zero attached hydrogens (tertiary/aromatic N) is 1. The van der Waals surface area contributed by atoms with Crippen LogP contribution < -0.4 is 32.6 Å². The second-order valence-corrected chi connectivity index (χ2v) is 16.4. The predicted octanol–water partition coefficient (Wildman–Crippen LogP) is 6.80. The van der Waals surface area contributed by atoms with Crippen molar-refractivity contribution in [1.29, 1.82) is 5.41 Å². The average Bonchev–Trinajstić information content (AvgIpc) is 3.63. The highest BCUT2D eigenvalue weighted by atomic mass is 32.2. The number of amides is 2. The second-order valence-electron chi connectivity index (χ2n) is 12.4. The van der Waals surface area contributed by atoms with Crippen molar-refractivity contribution in [3.05, 3.63) is 82.7 Å². The van der Waals surface area contributed by atoms with Gasteiger partial charge in [-0.05, 0) is 98.2 Å². The molecule has 0 spiro atoms. The van der Waals surface area contributed by atoms with Crippen LogP contribution in [0.5, 0.6) is 5.75 Å². The van der Waals surface area contributed by atoms with Gasteiger partial charge in [-0.1, -0.05) is 12.1 Å². The molecule has 0 radical (unpaired) electrons. The summed E-state index contributed by atoms with van der Waals surface area (Å²) in [6.07, 6.45) is -6.22. The van der Waals surface area contributed by atoms with Crippen LogP contribution in [-0.2, 0) is 19.4 Å².